The molecule has 0 amide bonds. The minimum atomic E-state index is 0.0451. The molecule has 0 aliphatic heterocycles. The normalized spacial score (nSPS) is 13.1. The van der Waals surface area contributed by atoms with Gasteiger partial charge in [0.2, 0.25) is 0 Å². The molecule has 0 unspecified atom stereocenters. The molecule has 4 aromatic heterocycles. The summed E-state index contributed by atoms with van der Waals surface area (Å²) in [5.41, 5.74) is 12.3. The van der Waals surface area contributed by atoms with E-state index in [1.165, 1.54) is 65.9 Å². The highest BCUT2D eigenvalue weighted by Crippen LogP contribution is 2.40. The van der Waals surface area contributed by atoms with Crippen molar-refractivity contribution < 1.29 is 0 Å². The van der Waals surface area contributed by atoms with E-state index < -0.39 is 0 Å². The molecular weight excluding hydrogens is 671 g/mol. The number of nitrogens with zero attached hydrogens (tertiary/aromatic N) is 4. The van der Waals surface area contributed by atoms with Crippen LogP contribution in [-0.4, -0.2) is 19.1 Å². The second kappa shape index (κ2) is 12.6. The monoisotopic (exact) mass is 725 g/mol. The van der Waals surface area contributed by atoms with Crippen LogP contribution in [-0.2, 0) is 21.7 Å². The summed E-state index contributed by atoms with van der Waals surface area (Å²) >= 11 is 0. The molecule has 55 heavy (non-hydrogen) atoms. The van der Waals surface area contributed by atoms with Crippen LogP contribution in [0, 0.1) is 0 Å². The Hall–Kier alpha value is -5.42. The fourth-order valence-corrected chi connectivity index (χ4v) is 7.85. The Morgan fingerprint density at radius 3 is 0.891 bits per heavy atom. The third kappa shape index (κ3) is 6.58. The number of aromatic nitrogens is 4. The van der Waals surface area contributed by atoms with Gasteiger partial charge in [-0.1, -0.05) is 107 Å². The van der Waals surface area contributed by atoms with Crippen LogP contribution < -0.4 is 5.32 Å². The highest BCUT2D eigenvalue weighted by molar-refractivity contribution is 6.11. The number of nitrogens with one attached hydrogen (secondary N) is 1. The molecule has 4 heterocycles. The van der Waals surface area contributed by atoms with Crippen LogP contribution in [0.3, 0.4) is 0 Å². The Kier molecular flexibility index (Phi) is 8.35. The van der Waals surface area contributed by atoms with Crippen LogP contribution in [0.2, 0.25) is 0 Å². The molecule has 0 aliphatic carbocycles. The predicted molar refractivity (Wildman–Crippen MR) is 235 cm³/mol. The summed E-state index contributed by atoms with van der Waals surface area (Å²) in [6.45, 7) is 27.4. The predicted octanol–water partition coefficient (Wildman–Crippen LogP) is 13.6. The van der Waals surface area contributed by atoms with Gasteiger partial charge in [0.15, 0.2) is 0 Å². The zero-order valence-corrected chi connectivity index (χ0v) is 34.7. The number of hydrogen-bond acceptors (Lipinski definition) is 3. The lowest BCUT2D eigenvalue weighted by atomic mass is 9.85. The van der Waals surface area contributed by atoms with Gasteiger partial charge >= 0.3 is 0 Å². The first-order valence-corrected chi connectivity index (χ1v) is 19.7. The fraction of sp³-hybridized carbons (Fsp3) is 0.320. The van der Waals surface area contributed by atoms with Crippen molar-refractivity contribution in [3.63, 3.8) is 0 Å². The van der Waals surface area contributed by atoms with Gasteiger partial charge in [0.25, 0.3) is 0 Å². The molecule has 0 aliphatic rings. The molecule has 5 heteroatoms. The molecule has 0 fully saturated rings. The van der Waals surface area contributed by atoms with Crippen LogP contribution in [0.4, 0.5) is 11.6 Å². The number of anilines is 2. The van der Waals surface area contributed by atoms with E-state index in [-0.39, 0.29) is 21.7 Å². The van der Waals surface area contributed by atoms with E-state index >= 15 is 0 Å². The molecule has 0 radical (unpaired) electrons. The topological polar surface area (TPSA) is 47.7 Å². The summed E-state index contributed by atoms with van der Waals surface area (Å²) in [5, 5.41) is 8.64. The third-order valence-electron chi connectivity index (χ3n) is 11.3. The van der Waals surface area contributed by atoms with Gasteiger partial charge in [0.05, 0.1) is 33.4 Å². The Balaban J connectivity index is 1.23. The van der Waals surface area contributed by atoms with Crippen molar-refractivity contribution in [3.8, 4) is 11.4 Å². The van der Waals surface area contributed by atoms with Gasteiger partial charge in [-0.3, -0.25) is 0 Å². The zero-order valence-electron chi connectivity index (χ0n) is 34.7. The zero-order chi connectivity index (χ0) is 39.2. The molecule has 0 atom stereocenters. The first kappa shape index (κ1) is 36.6. The second-order valence-electron chi connectivity index (χ2n) is 19.5. The van der Waals surface area contributed by atoms with Gasteiger partial charge in [-0.2, -0.15) is 0 Å². The van der Waals surface area contributed by atoms with Crippen molar-refractivity contribution >= 4 is 55.2 Å². The number of hydrogen-bond donors (Lipinski definition) is 1. The quantitative estimate of drug-likeness (QED) is 0.196. The Bertz CT molecular complexity index is 2430. The maximum Gasteiger partial charge on any atom is 0.133 e. The number of rotatable bonds is 4. The number of pyridine rings is 2. The summed E-state index contributed by atoms with van der Waals surface area (Å²) in [7, 11) is 0. The molecule has 8 aromatic rings. The van der Waals surface area contributed by atoms with Gasteiger partial charge in [-0.05, 0) is 105 Å². The van der Waals surface area contributed by atoms with Gasteiger partial charge < -0.3 is 14.5 Å². The molecule has 8 rings (SSSR count). The first-order valence-electron chi connectivity index (χ1n) is 19.7. The highest BCUT2D eigenvalue weighted by atomic mass is 15.1. The molecule has 1 N–H and O–H groups in total. The smallest absolute Gasteiger partial charge is 0.133 e. The van der Waals surface area contributed by atoms with Crippen molar-refractivity contribution in [2.24, 2.45) is 0 Å². The van der Waals surface area contributed by atoms with Gasteiger partial charge in [0, 0.05) is 46.1 Å². The molecule has 0 spiro atoms. The van der Waals surface area contributed by atoms with Crippen molar-refractivity contribution in [2.75, 3.05) is 5.32 Å². The Labute approximate surface area is 326 Å². The van der Waals surface area contributed by atoms with E-state index in [0.717, 1.165) is 23.0 Å². The lowest BCUT2D eigenvalue weighted by Crippen LogP contribution is -2.10. The molecule has 4 aromatic carbocycles. The van der Waals surface area contributed by atoms with E-state index in [0.29, 0.717) is 0 Å². The van der Waals surface area contributed by atoms with Crippen molar-refractivity contribution in [3.05, 3.63) is 132 Å². The van der Waals surface area contributed by atoms with Gasteiger partial charge in [-0.15, -0.1) is 0 Å². The van der Waals surface area contributed by atoms with Gasteiger partial charge in [0.1, 0.15) is 11.6 Å². The highest BCUT2D eigenvalue weighted by Gasteiger charge is 2.23. The van der Waals surface area contributed by atoms with Crippen molar-refractivity contribution in [2.45, 2.75) is 105 Å². The van der Waals surface area contributed by atoms with Crippen LogP contribution in [0.15, 0.2) is 109 Å². The summed E-state index contributed by atoms with van der Waals surface area (Å²) in [4.78, 5) is 9.57. The first-order chi connectivity index (χ1) is 25.8. The summed E-state index contributed by atoms with van der Waals surface area (Å²) in [5.74, 6) is 1.48. The maximum atomic E-state index is 4.78. The lowest BCUT2D eigenvalue weighted by molar-refractivity contribution is 0.590. The molecule has 0 bridgehead atoms. The Morgan fingerprint density at radius 1 is 0.364 bits per heavy atom. The standard InChI is InChI=1S/C50H55N5/c1-47(2,3)31-13-17-41-37(25-31)38-26-32(48(4,5)6)14-18-42(38)54(41)35-21-23-51-45(29-35)53-46-30-36(22-24-52-46)55-43-19-15-33(49(7,8)9)27-39(43)40-28-34(50(10,11)12)16-20-44(40)55/h13-30H,1-12H3,(H,51,52,53). The number of benzene rings is 4. The molecule has 5 nitrogen and oxygen atoms in total. The molecule has 0 saturated carbocycles. The Morgan fingerprint density at radius 2 is 0.636 bits per heavy atom. The average molecular weight is 726 g/mol. The summed E-state index contributed by atoms with van der Waals surface area (Å²) in [6.07, 6.45) is 3.78. The fourth-order valence-electron chi connectivity index (χ4n) is 7.85. The van der Waals surface area contributed by atoms with Crippen LogP contribution >= 0.6 is 0 Å². The summed E-state index contributed by atoms with van der Waals surface area (Å²) < 4.78 is 4.74. The van der Waals surface area contributed by atoms with E-state index in [4.69, 9.17) is 9.97 Å². The summed E-state index contributed by atoms with van der Waals surface area (Å²) in [6, 6.07) is 36.3. The second-order valence-corrected chi connectivity index (χ2v) is 19.5. The van der Waals surface area contributed by atoms with E-state index in [1.54, 1.807) is 0 Å². The molecule has 280 valence electrons. The van der Waals surface area contributed by atoms with Crippen LogP contribution in [0.1, 0.15) is 105 Å². The van der Waals surface area contributed by atoms with Gasteiger partial charge in [-0.25, -0.2) is 9.97 Å². The lowest BCUT2D eigenvalue weighted by Gasteiger charge is -2.19. The van der Waals surface area contributed by atoms with Crippen LogP contribution in [0.5, 0.6) is 0 Å². The van der Waals surface area contributed by atoms with E-state index in [9.17, 15) is 0 Å². The SMILES string of the molecule is CC(C)(C)c1ccc2c(c1)c1cc(C(C)(C)C)ccc1n2-c1ccnc(Nc2cc(-n3c4ccc(C(C)(C)C)cc4c4cc(C(C)(C)C)ccc43)ccn2)c1. The van der Waals surface area contributed by atoms with Crippen LogP contribution in [0.25, 0.3) is 55.0 Å². The van der Waals surface area contributed by atoms with Crippen molar-refractivity contribution in [1.82, 2.24) is 19.1 Å². The average Bonchev–Trinajstić information content (AvgIpc) is 3.62. The molecular formula is C50H55N5. The largest absolute Gasteiger partial charge is 0.325 e. The minimum Gasteiger partial charge on any atom is -0.325 e. The van der Waals surface area contributed by atoms with E-state index in [1.807, 2.05) is 12.4 Å². The maximum absolute atomic E-state index is 4.78. The number of fused-ring (bicyclic) bond motifs is 6. The van der Waals surface area contributed by atoms with Crippen molar-refractivity contribution in [1.29, 1.82) is 0 Å². The third-order valence-corrected chi connectivity index (χ3v) is 11.3. The minimum absolute atomic E-state index is 0.0451. The van der Waals surface area contributed by atoms with E-state index in [2.05, 4.69) is 195 Å². The molecule has 0 saturated heterocycles.